The molecule has 4 aliphatic rings. The molecular formula is C42H51N7O11S2. The zero-order chi connectivity index (χ0) is 45.3. The molecule has 2 aromatic carbocycles. The van der Waals surface area contributed by atoms with Gasteiger partial charge in [0.1, 0.15) is 29.5 Å². The quantitative estimate of drug-likeness (QED) is 0.148. The van der Waals surface area contributed by atoms with Gasteiger partial charge in [0.25, 0.3) is 5.91 Å². The number of imide groups is 1. The molecule has 4 aliphatic heterocycles. The Balaban J connectivity index is 1.15. The van der Waals surface area contributed by atoms with Crippen LogP contribution in [-0.4, -0.2) is 144 Å². The van der Waals surface area contributed by atoms with E-state index in [9.17, 15) is 43.2 Å². The molecule has 6 rings (SSSR count). The van der Waals surface area contributed by atoms with Crippen LogP contribution >= 0.6 is 23.5 Å². The maximum Gasteiger partial charge on any atom is 0.331 e. The van der Waals surface area contributed by atoms with Crippen molar-refractivity contribution >= 4 is 76.9 Å². The van der Waals surface area contributed by atoms with Crippen LogP contribution in [0.2, 0.25) is 0 Å². The summed E-state index contributed by atoms with van der Waals surface area (Å²) in [6.07, 6.45) is -1.47. The minimum absolute atomic E-state index is 0.0739. The van der Waals surface area contributed by atoms with E-state index < -0.39 is 98.0 Å². The lowest BCUT2D eigenvalue weighted by molar-refractivity contribution is -0.170. The van der Waals surface area contributed by atoms with E-state index in [4.69, 9.17) is 9.47 Å². The summed E-state index contributed by atoms with van der Waals surface area (Å²) in [4.78, 5) is 125. The molecule has 0 aliphatic carbocycles. The summed E-state index contributed by atoms with van der Waals surface area (Å²) in [6, 6.07) is 11.0. The molecule has 8 amide bonds. The van der Waals surface area contributed by atoms with E-state index in [1.54, 1.807) is 88.4 Å². The summed E-state index contributed by atoms with van der Waals surface area (Å²) in [6.45, 7) is 12.2. The van der Waals surface area contributed by atoms with Crippen molar-refractivity contribution in [2.24, 2.45) is 0 Å². The lowest BCUT2D eigenvalue weighted by Gasteiger charge is -2.44. The Morgan fingerprint density at radius 3 is 2.00 bits per heavy atom. The summed E-state index contributed by atoms with van der Waals surface area (Å²) in [7, 11) is 0. The minimum Gasteiger partial charge on any atom is -0.464 e. The minimum atomic E-state index is -1.47. The van der Waals surface area contributed by atoms with Crippen molar-refractivity contribution < 1.29 is 52.6 Å². The average molecular weight is 894 g/mol. The molecule has 0 saturated carbocycles. The molecule has 20 heteroatoms. The fourth-order valence-electron chi connectivity index (χ4n) is 8.16. The van der Waals surface area contributed by atoms with Crippen molar-refractivity contribution in [1.82, 2.24) is 35.6 Å². The maximum absolute atomic E-state index is 14.2. The summed E-state index contributed by atoms with van der Waals surface area (Å²) >= 11 is 2.58. The third-order valence-electron chi connectivity index (χ3n) is 11.1. The van der Waals surface area contributed by atoms with Crippen LogP contribution in [0.4, 0.5) is 4.79 Å². The van der Waals surface area contributed by atoms with Gasteiger partial charge in [-0.05, 0) is 47.1 Å². The highest BCUT2D eigenvalue weighted by atomic mass is 32.2. The number of β-lactam (4-membered cyclic amide) rings is 1. The van der Waals surface area contributed by atoms with Gasteiger partial charge in [-0.3, -0.25) is 33.7 Å². The Bertz CT molecular complexity index is 2120. The van der Waals surface area contributed by atoms with Crippen molar-refractivity contribution in [3.63, 3.8) is 0 Å². The van der Waals surface area contributed by atoms with Crippen molar-refractivity contribution in [3.8, 4) is 0 Å². The van der Waals surface area contributed by atoms with Gasteiger partial charge in [-0.1, -0.05) is 60.7 Å². The fourth-order valence-corrected chi connectivity index (χ4v) is 11.4. The normalized spacial score (nSPS) is 24.6. The van der Waals surface area contributed by atoms with Crippen molar-refractivity contribution in [2.45, 2.75) is 99.0 Å². The largest absolute Gasteiger partial charge is 0.464 e. The number of hydrogen-bond donors (Lipinski definition) is 3. The average Bonchev–Trinajstić information content (AvgIpc) is 3.67. The molecule has 7 atom stereocenters. The number of thioether (sulfide) groups is 2. The first-order valence-corrected chi connectivity index (χ1v) is 22.0. The number of carbonyl (C=O) groups is 9. The number of piperazine rings is 1. The number of amides is 8. The highest BCUT2D eigenvalue weighted by Crippen LogP contribution is 2.51. The number of carbonyl (C=O) groups excluding carboxylic acids is 9. The van der Waals surface area contributed by atoms with Gasteiger partial charge < -0.3 is 40.1 Å². The van der Waals surface area contributed by atoms with Gasteiger partial charge in [0.05, 0.1) is 12.0 Å². The molecular weight excluding hydrogens is 843 g/mol. The van der Waals surface area contributed by atoms with Gasteiger partial charge in [-0.15, -0.1) is 23.5 Å². The Morgan fingerprint density at radius 1 is 0.790 bits per heavy atom. The van der Waals surface area contributed by atoms with Gasteiger partial charge in [-0.2, -0.15) is 0 Å². The molecule has 18 nitrogen and oxygen atoms in total. The molecule has 4 saturated heterocycles. The van der Waals surface area contributed by atoms with Crippen molar-refractivity contribution in [3.05, 3.63) is 71.8 Å². The van der Waals surface area contributed by atoms with Crippen LogP contribution < -0.4 is 16.0 Å². The molecule has 4 heterocycles. The number of benzene rings is 2. The highest BCUT2D eigenvalue weighted by molar-refractivity contribution is 8.02. The summed E-state index contributed by atoms with van der Waals surface area (Å²) in [5.74, 6) is -5.73. The highest BCUT2D eigenvalue weighted by Gasteiger charge is 2.65. The molecule has 0 radical (unpaired) electrons. The van der Waals surface area contributed by atoms with Gasteiger partial charge in [0.2, 0.25) is 23.8 Å². The molecule has 3 N–H and O–H groups in total. The lowest BCUT2D eigenvalue weighted by atomic mass is 9.95. The van der Waals surface area contributed by atoms with E-state index in [1.165, 1.54) is 45.1 Å². The number of nitrogens with one attached hydrogen (secondary N) is 3. The second kappa shape index (κ2) is 18.4. The molecule has 332 valence electrons. The van der Waals surface area contributed by atoms with Gasteiger partial charge in [-0.25, -0.2) is 14.4 Å². The summed E-state index contributed by atoms with van der Waals surface area (Å²) in [5.41, 5.74) is 0.695. The van der Waals surface area contributed by atoms with Gasteiger partial charge in [0, 0.05) is 48.2 Å². The number of urea groups is 1. The number of likely N-dealkylation sites (N-methyl/N-ethyl adjacent to an activating group) is 1. The van der Waals surface area contributed by atoms with E-state index in [2.05, 4.69) is 16.0 Å². The molecule has 0 aromatic heterocycles. The van der Waals surface area contributed by atoms with Gasteiger partial charge >= 0.3 is 29.8 Å². The second-order valence-electron chi connectivity index (χ2n) is 16.1. The molecule has 2 aromatic rings. The monoisotopic (exact) mass is 893 g/mol. The van der Waals surface area contributed by atoms with Gasteiger partial charge in [0.15, 0.2) is 0 Å². The third-order valence-corrected chi connectivity index (χ3v) is 14.2. The van der Waals surface area contributed by atoms with Crippen LogP contribution in [0.15, 0.2) is 60.7 Å². The zero-order valence-electron chi connectivity index (χ0n) is 35.4. The second-order valence-corrected chi connectivity index (χ2v) is 19.7. The Labute approximate surface area is 367 Å². The predicted octanol–water partition coefficient (Wildman–Crippen LogP) is 1.71. The standard InChI is InChI=1S/C42H51N7O11S2/c1-8-46-20-21-47(36(55)35(46)54)40(58)45-27(24-16-12-10-13-17-24)32(51)44-28-34(53)49-31(42(6,7)62-37(28)49)39(57)60-29(25-18-14-11-15-19-25)33(52)43-22-26-48(23(3)50)30(38(56)59-9-2)41(4,5)61-26/h10-19,26-31,37H,8-9,20-22H2,1-7H3,(H,43,52)(H,44,51)(H,45,58). The van der Waals surface area contributed by atoms with Crippen molar-refractivity contribution in [1.29, 1.82) is 0 Å². The number of rotatable bonds is 13. The molecule has 0 bridgehead atoms. The molecule has 0 spiro atoms. The topological polar surface area (TPSA) is 221 Å². The van der Waals surface area contributed by atoms with E-state index in [0.29, 0.717) is 17.7 Å². The SMILES string of the molecule is CCOC(=O)C1N(C(C)=O)C(CNC(=O)C(OC(=O)C2N3C(=O)C(NC(=O)C(NC(=O)N4CCN(CC)C(=O)C4=O)c4ccccc4)C3SC2(C)C)c2ccccc2)SC1(C)C. The third kappa shape index (κ3) is 8.97. The van der Waals surface area contributed by atoms with Crippen molar-refractivity contribution in [2.75, 3.05) is 32.8 Å². The van der Waals surface area contributed by atoms with E-state index >= 15 is 0 Å². The van der Waals surface area contributed by atoms with E-state index in [-0.39, 0.29) is 32.1 Å². The maximum atomic E-state index is 14.2. The van der Waals surface area contributed by atoms with E-state index in [1.807, 2.05) is 13.8 Å². The van der Waals surface area contributed by atoms with Crippen LogP contribution in [0.1, 0.15) is 71.7 Å². The Morgan fingerprint density at radius 2 is 1.40 bits per heavy atom. The smallest absolute Gasteiger partial charge is 0.331 e. The summed E-state index contributed by atoms with van der Waals surface area (Å²) in [5, 5.41) is 6.70. The number of hydrogen-bond acceptors (Lipinski definition) is 13. The predicted molar refractivity (Wildman–Crippen MR) is 226 cm³/mol. The Kier molecular flexibility index (Phi) is 13.6. The van der Waals surface area contributed by atoms with E-state index in [0.717, 1.165) is 4.90 Å². The number of nitrogens with zero attached hydrogens (tertiary/aromatic N) is 4. The van der Waals surface area contributed by atoms with Crippen LogP contribution in [-0.2, 0) is 47.8 Å². The first-order chi connectivity index (χ1) is 29.3. The fraction of sp³-hybridized carbons (Fsp3) is 0.500. The lowest BCUT2D eigenvalue weighted by Crippen LogP contribution is -2.71. The molecule has 7 unspecified atom stereocenters. The molecule has 62 heavy (non-hydrogen) atoms. The van der Waals surface area contributed by atoms with Crippen LogP contribution in [0, 0.1) is 0 Å². The van der Waals surface area contributed by atoms with Crippen LogP contribution in [0.3, 0.4) is 0 Å². The number of ether oxygens (including phenoxy) is 2. The van der Waals surface area contributed by atoms with Crippen LogP contribution in [0.25, 0.3) is 0 Å². The first-order valence-electron chi connectivity index (χ1n) is 20.3. The number of esters is 2. The Hall–Kier alpha value is -5.63. The molecule has 4 fully saturated rings. The van der Waals surface area contributed by atoms with Crippen LogP contribution in [0.5, 0.6) is 0 Å². The summed E-state index contributed by atoms with van der Waals surface area (Å²) < 4.78 is 9.53. The first kappa shape index (κ1) is 45.9. The zero-order valence-corrected chi connectivity index (χ0v) is 37.1. The number of fused-ring (bicyclic) bond motifs is 1.